The standard InChI is InChI=1S/C11H26N2O/c1-6-14-8-7-13(5)10(9-12)11(2,3)4/h10H,6-9,12H2,1-5H3. The maximum atomic E-state index is 5.78. The number of nitrogens with zero attached hydrogens (tertiary/aromatic N) is 1. The molecule has 0 saturated heterocycles. The summed E-state index contributed by atoms with van der Waals surface area (Å²) in [5, 5.41) is 0. The Morgan fingerprint density at radius 1 is 1.36 bits per heavy atom. The van der Waals surface area contributed by atoms with Crippen LogP contribution < -0.4 is 5.73 Å². The largest absolute Gasteiger partial charge is 0.380 e. The molecule has 0 aromatic rings. The molecule has 0 aliphatic carbocycles. The van der Waals surface area contributed by atoms with Gasteiger partial charge in [-0.3, -0.25) is 4.90 Å². The molecule has 0 bridgehead atoms. The van der Waals surface area contributed by atoms with Crippen molar-refractivity contribution in [3.63, 3.8) is 0 Å². The molecule has 0 radical (unpaired) electrons. The van der Waals surface area contributed by atoms with Crippen molar-refractivity contribution in [2.75, 3.05) is 33.4 Å². The molecule has 2 N–H and O–H groups in total. The van der Waals surface area contributed by atoms with Crippen molar-refractivity contribution in [1.29, 1.82) is 0 Å². The van der Waals surface area contributed by atoms with E-state index in [9.17, 15) is 0 Å². The van der Waals surface area contributed by atoms with E-state index < -0.39 is 0 Å². The zero-order valence-corrected chi connectivity index (χ0v) is 10.3. The normalized spacial score (nSPS) is 14.8. The highest BCUT2D eigenvalue weighted by Gasteiger charge is 2.26. The van der Waals surface area contributed by atoms with Gasteiger partial charge >= 0.3 is 0 Å². The van der Waals surface area contributed by atoms with Crippen molar-refractivity contribution in [2.24, 2.45) is 11.1 Å². The van der Waals surface area contributed by atoms with Crippen LogP contribution in [0.2, 0.25) is 0 Å². The van der Waals surface area contributed by atoms with Crippen molar-refractivity contribution in [3.8, 4) is 0 Å². The molecule has 0 aliphatic heterocycles. The van der Waals surface area contributed by atoms with Crippen LogP contribution >= 0.6 is 0 Å². The van der Waals surface area contributed by atoms with E-state index in [2.05, 4.69) is 32.7 Å². The Hall–Kier alpha value is -0.120. The number of hydrogen-bond acceptors (Lipinski definition) is 3. The molecule has 86 valence electrons. The SMILES string of the molecule is CCOCCN(C)C(CN)C(C)(C)C. The molecule has 0 aromatic heterocycles. The summed E-state index contributed by atoms with van der Waals surface area (Å²) >= 11 is 0. The van der Waals surface area contributed by atoms with Crippen LogP contribution in [0.25, 0.3) is 0 Å². The van der Waals surface area contributed by atoms with Crippen molar-refractivity contribution in [3.05, 3.63) is 0 Å². The molecule has 0 aliphatic rings. The average molecular weight is 202 g/mol. The van der Waals surface area contributed by atoms with E-state index in [0.29, 0.717) is 12.6 Å². The second-order valence-electron chi connectivity index (χ2n) is 4.80. The van der Waals surface area contributed by atoms with E-state index in [1.807, 2.05) is 6.92 Å². The third kappa shape index (κ3) is 4.94. The highest BCUT2D eigenvalue weighted by atomic mass is 16.5. The van der Waals surface area contributed by atoms with Gasteiger partial charge < -0.3 is 10.5 Å². The Balaban J connectivity index is 3.98. The first kappa shape index (κ1) is 13.9. The van der Waals surface area contributed by atoms with Gasteiger partial charge in [-0.05, 0) is 19.4 Å². The van der Waals surface area contributed by atoms with E-state index in [0.717, 1.165) is 19.8 Å². The van der Waals surface area contributed by atoms with E-state index >= 15 is 0 Å². The highest BCUT2D eigenvalue weighted by molar-refractivity contribution is 4.82. The summed E-state index contributed by atoms with van der Waals surface area (Å²) in [6.45, 7) is 11.9. The van der Waals surface area contributed by atoms with E-state index in [1.54, 1.807) is 0 Å². The van der Waals surface area contributed by atoms with Crippen molar-refractivity contribution in [2.45, 2.75) is 33.7 Å². The Kier molecular flexibility index (Phi) is 6.33. The van der Waals surface area contributed by atoms with Gasteiger partial charge in [0.2, 0.25) is 0 Å². The summed E-state index contributed by atoms with van der Waals surface area (Å²) in [5.74, 6) is 0. The van der Waals surface area contributed by atoms with Crippen molar-refractivity contribution >= 4 is 0 Å². The monoisotopic (exact) mass is 202 g/mol. The summed E-state index contributed by atoms with van der Waals surface area (Å²) in [5.41, 5.74) is 6.01. The van der Waals surface area contributed by atoms with Crippen LogP contribution in [0.4, 0.5) is 0 Å². The van der Waals surface area contributed by atoms with Gasteiger partial charge in [0.1, 0.15) is 0 Å². The summed E-state index contributed by atoms with van der Waals surface area (Å²) in [7, 11) is 2.11. The summed E-state index contributed by atoms with van der Waals surface area (Å²) < 4.78 is 5.33. The maximum absolute atomic E-state index is 5.78. The minimum Gasteiger partial charge on any atom is -0.380 e. The third-order valence-electron chi connectivity index (χ3n) is 2.55. The lowest BCUT2D eigenvalue weighted by Crippen LogP contribution is -2.47. The number of likely N-dealkylation sites (N-methyl/N-ethyl adjacent to an activating group) is 1. The van der Waals surface area contributed by atoms with Crippen LogP contribution in [0.15, 0.2) is 0 Å². The molecule has 0 spiro atoms. The van der Waals surface area contributed by atoms with Crippen LogP contribution in [0.1, 0.15) is 27.7 Å². The van der Waals surface area contributed by atoms with Crippen LogP contribution in [0, 0.1) is 5.41 Å². The van der Waals surface area contributed by atoms with Crippen molar-refractivity contribution in [1.82, 2.24) is 4.90 Å². The Morgan fingerprint density at radius 2 is 1.93 bits per heavy atom. The van der Waals surface area contributed by atoms with Gasteiger partial charge in [-0.15, -0.1) is 0 Å². The fourth-order valence-corrected chi connectivity index (χ4v) is 1.70. The zero-order chi connectivity index (χ0) is 11.2. The maximum Gasteiger partial charge on any atom is 0.0593 e. The minimum atomic E-state index is 0.232. The van der Waals surface area contributed by atoms with Crippen LogP contribution in [-0.4, -0.2) is 44.3 Å². The highest BCUT2D eigenvalue weighted by Crippen LogP contribution is 2.22. The van der Waals surface area contributed by atoms with E-state index in [4.69, 9.17) is 10.5 Å². The van der Waals surface area contributed by atoms with Crippen molar-refractivity contribution < 1.29 is 4.74 Å². The average Bonchev–Trinajstić information content (AvgIpc) is 2.03. The zero-order valence-electron chi connectivity index (χ0n) is 10.3. The Morgan fingerprint density at radius 3 is 2.29 bits per heavy atom. The smallest absolute Gasteiger partial charge is 0.0593 e. The van der Waals surface area contributed by atoms with Gasteiger partial charge in [0, 0.05) is 25.7 Å². The second kappa shape index (κ2) is 6.38. The molecule has 1 atom stereocenters. The molecule has 3 heteroatoms. The number of hydrogen-bond donors (Lipinski definition) is 1. The van der Waals surface area contributed by atoms with E-state index in [1.165, 1.54) is 0 Å². The van der Waals surface area contributed by atoms with Crippen LogP contribution in [0.5, 0.6) is 0 Å². The molecule has 0 rings (SSSR count). The van der Waals surface area contributed by atoms with Gasteiger partial charge in [-0.1, -0.05) is 20.8 Å². The summed E-state index contributed by atoms with van der Waals surface area (Å²) in [6, 6.07) is 0.419. The van der Waals surface area contributed by atoms with Crippen LogP contribution in [0.3, 0.4) is 0 Å². The minimum absolute atomic E-state index is 0.232. The molecule has 0 heterocycles. The van der Waals surface area contributed by atoms with Gasteiger partial charge in [-0.25, -0.2) is 0 Å². The molecule has 0 amide bonds. The molecule has 0 fully saturated rings. The molecule has 3 nitrogen and oxygen atoms in total. The molecular weight excluding hydrogens is 176 g/mol. The van der Waals surface area contributed by atoms with Gasteiger partial charge in [0.15, 0.2) is 0 Å². The fraction of sp³-hybridized carbons (Fsp3) is 1.00. The lowest BCUT2D eigenvalue weighted by molar-refractivity contribution is 0.0764. The number of ether oxygens (including phenoxy) is 1. The first-order valence-corrected chi connectivity index (χ1v) is 5.41. The molecule has 0 saturated carbocycles. The lowest BCUT2D eigenvalue weighted by atomic mass is 9.86. The number of rotatable bonds is 6. The topological polar surface area (TPSA) is 38.5 Å². The molecular formula is C11H26N2O. The Bertz CT molecular complexity index is 143. The number of nitrogens with two attached hydrogens (primary N) is 1. The second-order valence-corrected chi connectivity index (χ2v) is 4.80. The van der Waals surface area contributed by atoms with Gasteiger partial charge in [0.25, 0.3) is 0 Å². The van der Waals surface area contributed by atoms with Gasteiger partial charge in [-0.2, -0.15) is 0 Å². The van der Waals surface area contributed by atoms with E-state index in [-0.39, 0.29) is 5.41 Å². The fourth-order valence-electron chi connectivity index (χ4n) is 1.70. The predicted molar refractivity (Wildman–Crippen MR) is 61.4 cm³/mol. The first-order chi connectivity index (χ1) is 6.43. The van der Waals surface area contributed by atoms with Crippen LogP contribution in [-0.2, 0) is 4.74 Å². The quantitative estimate of drug-likeness (QED) is 0.660. The van der Waals surface area contributed by atoms with Gasteiger partial charge in [0.05, 0.1) is 6.61 Å². The first-order valence-electron chi connectivity index (χ1n) is 5.41. The molecule has 0 aromatic carbocycles. The molecule has 1 unspecified atom stereocenters. The lowest BCUT2D eigenvalue weighted by Gasteiger charge is -2.37. The Labute approximate surface area is 88.6 Å². The third-order valence-corrected chi connectivity index (χ3v) is 2.55. The summed E-state index contributed by atoms with van der Waals surface area (Å²) in [6.07, 6.45) is 0. The predicted octanol–water partition coefficient (Wildman–Crippen LogP) is 1.33. The molecule has 14 heavy (non-hydrogen) atoms. The summed E-state index contributed by atoms with van der Waals surface area (Å²) in [4.78, 5) is 2.29.